The molecule has 1 atom stereocenters. The van der Waals surface area contributed by atoms with Crippen LogP contribution in [0.4, 0.5) is 5.69 Å². The normalized spacial score (nSPS) is 11.4. The van der Waals surface area contributed by atoms with Crippen molar-refractivity contribution in [2.45, 2.75) is 19.8 Å². The van der Waals surface area contributed by atoms with Crippen molar-refractivity contribution < 1.29 is 19.5 Å². The van der Waals surface area contributed by atoms with E-state index in [1.165, 1.54) is 6.92 Å². The number of carbonyl (C=O) groups excluding carboxylic acids is 2. The summed E-state index contributed by atoms with van der Waals surface area (Å²) in [6.07, 6.45) is 0. The number of carbonyl (C=O) groups is 3. The maximum absolute atomic E-state index is 12.3. The quantitative estimate of drug-likeness (QED) is 0.753. The zero-order valence-electron chi connectivity index (χ0n) is 14.1. The van der Waals surface area contributed by atoms with Crippen molar-refractivity contribution >= 4 is 23.5 Å². The lowest BCUT2D eigenvalue weighted by atomic mass is 9.99. The van der Waals surface area contributed by atoms with Crippen LogP contribution in [-0.2, 0) is 9.59 Å². The summed E-state index contributed by atoms with van der Waals surface area (Å²) < 4.78 is 0. The van der Waals surface area contributed by atoms with Gasteiger partial charge in [-0.1, -0.05) is 36.4 Å². The van der Waals surface area contributed by atoms with Crippen molar-refractivity contribution in [3.63, 3.8) is 0 Å². The van der Waals surface area contributed by atoms with E-state index in [0.717, 1.165) is 5.56 Å². The fourth-order valence-corrected chi connectivity index (χ4v) is 2.42. The molecule has 0 aromatic heterocycles. The molecule has 2 amide bonds. The zero-order valence-corrected chi connectivity index (χ0v) is 14.1. The number of carboxylic acids is 1. The molecule has 2 aromatic rings. The summed E-state index contributed by atoms with van der Waals surface area (Å²) in [5.41, 5.74) is 2.36. The van der Waals surface area contributed by atoms with E-state index in [4.69, 9.17) is 0 Å². The van der Waals surface area contributed by atoms with Crippen molar-refractivity contribution in [1.29, 1.82) is 0 Å². The summed E-state index contributed by atoms with van der Waals surface area (Å²) in [7, 11) is 0. The first-order valence-electron chi connectivity index (χ1n) is 7.82. The molecule has 0 saturated heterocycles. The van der Waals surface area contributed by atoms with Crippen LogP contribution >= 0.6 is 0 Å². The Morgan fingerprint density at radius 1 is 1.08 bits per heavy atom. The van der Waals surface area contributed by atoms with E-state index in [-0.39, 0.29) is 12.5 Å². The minimum absolute atomic E-state index is 0.0263. The molecule has 0 radical (unpaired) electrons. The fraction of sp³-hybridized carbons (Fsp3) is 0.211. The molecule has 0 aliphatic rings. The third-order valence-corrected chi connectivity index (χ3v) is 3.78. The molecule has 6 heteroatoms. The number of benzene rings is 2. The summed E-state index contributed by atoms with van der Waals surface area (Å²) in [5, 5.41) is 14.7. The van der Waals surface area contributed by atoms with E-state index in [1.54, 1.807) is 48.5 Å². The third kappa shape index (κ3) is 4.91. The van der Waals surface area contributed by atoms with E-state index in [0.29, 0.717) is 16.8 Å². The second-order valence-electron chi connectivity index (χ2n) is 5.72. The Kier molecular flexibility index (Phi) is 5.89. The number of amides is 2. The van der Waals surface area contributed by atoms with E-state index < -0.39 is 17.8 Å². The Bertz CT molecular complexity index is 787. The summed E-state index contributed by atoms with van der Waals surface area (Å²) in [4.78, 5) is 35.0. The second kappa shape index (κ2) is 8.10. The van der Waals surface area contributed by atoms with Crippen molar-refractivity contribution in [3.8, 4) is 0 Å². The first-order chi connectivity index (χ1) is 11.9. The van der Waals surface area contributed by atoms with Gasteiger partial charge in [0.05, 0.1) is 5.92 Å². The maximum Gasteiger partial charge on any atom is 0.312 e. The van der Waals surface area contributed by atoms with Gasteiger partial charge in [0, 0.05) is 24.7 Å². The topological polar surface area (TPSA) is 95.5 Å². The van der Waals surface area contributed by atoms with E-state index in [9.17, 15) is 19.5 Å². The zero-order chi connectivity index (χ0) is 18.4. The number of hydrogen-bond acceptors (Lipinski definition) is 3. The van der Waals surface area contributed by atoms with Crippen LogP contribution in [0.1, 0.15) is 34.3 Å². The molecule has 0 heterocycles. The Morgan fingerprint density at radius 3 is 2.36 bits per heavy atom. The molecule has 0 spiro atoms. The lowest BCUT2D eigenvalue weighted by Gasteiger charge is -2.14. The number of aliphatic carboxylic acids is 1. The monoisotopic (exact) mass is 340 g/mol. The minimum atomic E-state index is -1.01. The molecule has 25 heavy (non-hydrogen) atoms. The standard InChI is InChI=1S/C19H20N2O4/c1-12-8-9-15(10-17(12)21-13(2)22)18(23)20-11-16(19(24)25)14-6-4-3-5-7-14/h3-10,16H,11H2,1-2H3,(H,20,23)(H,21,22)(H,24,25). The molecule has 2 rings (SSSR count). The van der Waals surface area contributed by atoms with Gasteiger partial charge < -0.3 is 15.7 Å². The van der Waals surface area contributed by atoms with Gasteiger partial charge in [-0.15, -0.1) is 0 Å². The SMILES string of the molecule is CC(=O)Nc1cc(C(=O)NCC(C(=O)O)c2ccccc2)ccc1C. The molecule has 3 N–H and O–H groups in total. The third-order valence-electron chi connectivity index (χ3n) is 3.78. The summed E-state index contributed by atoms with van der Waals surface area (Å²) in [6, 6.07) is 13.7. The van der Waals surface area contributed by atoms with Gasteiger partial charge in [0.1, 0.15) is 0 Å². The molecule has 0 fully saturated rings. The number of rotatable bonds is 6. The molecular weight excluding hydrogens is 320 g/mol. The lowest BCUT2D eigenvalue weighted by Crippen LogP contribution is -2.31. The number of nitrogens with one attached hydrogen (secondary N) is 2. The van der Waals surface area contributed by atoms with Crippen LogP contribution in [0.15, 0.2) is 48.5 Å². The van der Waals surface area contributed by atoms with Crippen molar-refractivity contribution in [1.82, 2.24) is 5.32 Å². The van der Waals surface area contributed by atoms with Gasteiger partial charge in [0.25, 0.3) is 5.91 Å². The van der Waals surface area contributed by atoms with Gasteiger partial charge in [-0.25, -0.2) is 0 Å². The molecule has 1 unspecified atom stereocenters. The van der Waals surface area contributed by atoms with Crippen LogP contribution in [0, 0.1) is 6.92 Å². The van der Waals surface area contributed by atoms with Crippen molar-refractivity contribution in [2.24, 2.45) is 0 Å². The Morgan fingerprint density at radius 2 is 1.76 bits per heavy atom. The molecule has 0 saturated carbocycles. The molecule has 0 bridgehead atoms. The highest BCUT2D eigenvalue weighted by atomic mass is 16.4. The van der Waals surface area contributed by atoms with Crippen LogP contribution in [0.5, 0.6) is 0 Å². The molecular formula is C19H20N2O4. The molecule has 6 nitrogen and oxygen atoms in total. The number of aryl methyl sites for hydroxylation is 1. The van der Waals surface area contributed by atoms with Crippen molar-refractivity contribution in [3.05, 3.63) is 65.2 Å². The van der Waals surface area contributed by atoms with Gasteiger partial charge in [0.2, 0.25) is 5.91 Å². The number of carboxylic acid groups (broad SMARTS) is 1. The van der Waals surface area contributed by atoms with E-state index >= 15 is 0 Å². The average molecular weight is 340 g/mol. The predicted octanol–water partition coefficient (Wildman–Crippen LogP) is 2.55. The van der Waals surface area contributed by atoms with Crippen LogP contribution in [0.3, 0.4) is 0 Å². The highest BCUT2D eigenvalue weighted by Crippen LogP contribution is 2.18. The molecule has 0 aliphatic heterocycles. The largest absolute Gasteiger partial charge is 0.481 e. The summed E-state index contributed by atoms with van der Waals surface area (Å²) >= 11 is 0. The summed E-state index contributed by atoms with van der Waals surface area (Å²) in [5.74, 6) is -2.45. The maximum atomic E-state index is 12.3. The Balaban J connectivity index is 2.11. The van der Waals surface area contributed by atoms with Crippen molar-refractivity contribution in [2.75, 3.05) is 11.9 Å². The minimum Gasteiger partial charge on any atom is -0.481 e. The highest BCUT2D eigenvalue weighted by Gasteiger charge is 2.20. The Labute approximate surface area is 145 Å². The van der Waals surface area contributed by atoms with Crippen LogP contribution < -0.4 is 10.6 Å². The smallest absolute Gasteiger partial charge is 0.312 e. The molecule has 0 aliphatic carbocycles. The predicted molar refractivity (Wildman–Crippen MR) is 94.6 cm³/mol. The van der Waals surface area contributed by atoms with Crippen LogP contribution in [0.2, 0.25) is 0 Å². The van der Waals surface area contributed by atoms with E-state index in [2.05, 4.69) is 10.6 Å². The van der Waals surface area contributed by atoms with Gasteiger partial charge in [-0.05, 0) is 30.2 Å². The lowest BCUT2D eigenvalue weighted by molar-refractivity contribution is -0.138. The van der Waals surface area contributed by atoms with E-state index in [1.807, 2.05) is 6.92 Å². The second-order valence-corrected chi connectivity index (χ2v) is 5.72. The van der Waals surface area contributed by atoms with Crippen LogP contribution in [-0.4, -0.2) is 29.4 Å². The summed E-state index contributed by atoms with van der Waals surface area (Å²) in [6.45, 7) is 3.19. The first kappa shape index (κ1) is 18.2. The number of anilines is 1. The van der Waals surface area contributed by atoms with Crippen LogP contribution in [0.25, 0.3) is 0 Å². The Hall–Kier alpha value is -3.15. The van der Waals surface area contributed by atoms with Gasteiger partial charge in [-0.2, -0.15) is 0 Å². The van der Waals surface area contributed by atoms with Gasteiger partial charge in [0.15, 0.2) is 0 Å². The first-order valence-corrected chi connectivity index (χ1v) is 7.82. The number of hydrogen-bond donors (Lipinski definition) is 3. The highest BCUT2D eigenvalue weighted by molar-refractivity contribution is 5.97. The molecule has 130 valence electrons. The average Bonchev–Trinajstić information content (AvgIpc) is 2.57. The van der Waals surface area contributed by atoms with Gasteiger partial charge in [-0.3, -0.25) is 14.4 Å². The fourth-order valence-electron chi connectivity index (χ4n) is 2.42. The molecule has 2 aromatic carbocycles. The van der Waals surface area contributed by atoms with Gasteiger partial charge >= 0.3 is 5.97 Å².